The molecular weight excluding hydrogens is 309 g/mol. The zero-order valence-corrected chi connectivity index (χ0v) is 14.3. The van der Waals surface area contributed by atoms with E-state index in [9.17, 15) is 9.36 Å². The zero-order valence-electron chi connectivity index (χ0n) is 13.3. The molecule has 1 aromatic rings. The molecule has 124 valence electrons. The average molecular weight is 331 g/mol. The molecule has 2 atom stereocenters. The first kappa shape index (κ1) is 18.3. The zero-order chi connectivity index (χ0) is 16.7. The minimum atomic E-state index is -2.66. The lowest BCUT2D eigenvalue weighted by Crippen LogP contribution is -2.33. The molecule has 1 N–H and O–H groups in total. The SMILES string of the molecule is COc1ccc(O[PH](=O)N[C@@H](C)C(=O)OC(C)C)cc1OC. The Morgan fingerprint density at radius 2 is 1.77 bits per heavy atom. The van der Waals surface area contributed by atoms with Gasteiger partial charge in [0.05, 0.1) is 20.3 Å². The number of methoxy groups -OCH3 is 2. The number of nitrogens with one attached hydrogen (secondary N) is 1. The predicted octanol–water partition coefficient (Wildman–Crippen LogP) is 2.40. The van der Waals surface area contributed by atoms with E-state index in [-0.39, 0.29) is 6.10 Å². The number of carbonyl (C=O) groups excluding carboxylic acids is 1. The van der Waals surface area contributed by atoms with Crippen LogP contribution in [0.25, 0.3) is 0 Å². The molecule has 0 saturated heterocycles. The maximum absolute atomic E-state index is 11.9. The first-order chi connectivity index (χ1) is 10.4. The van der Waals surface area contributed by atoms with Crippen molar-refractivity contribution in [3.8, 4) is 17.2 Å². The molecule has 0 bridgehead atoms. The molecule has 0 radical (unpaired) electrons. The van der Waals surface area contributed by atoms with Crippen LogP contribution in [0.2, 0.25) is 0 Å². The molecule has 0 amide bonds. The second-order valence-corrected chi connectivity index (χ2v) is 5.83. The number of rotatable bonds is 8. The van der Waals surface area contributed by atoms with Crippen molar-refractivity contribution in [1.82, 2.24) is 5.09 Å². The smallest absolute Gasteiger partial charge is 0.323 e. The third-order valence-electron chi connectivity index (χ3n) is 2.61. The summed E-state index contributed by atoms with van der Waals surface area (Å²) in [4.78, 5) is 11.6. The van der Waals surface area contributed by atoms with E-state index in [4.69, 9.17) is 18.7 Å². The number of hydrogen-bond acceptors (Lipinski definition) is 6. The van der Waals surface area contributed by atoms with Crippen LogP contribution in [-0.4, -0.2) is 32.3 Å². The van der Waals surface area contributed by atoms with E-state index in [0.29, 0.717) is 17.2 Å². The van der Waals surface area contributed by atoms with Crippen LogP contribution in [0.5, 0.6) is 17.2 Å². The van der Waals surface area contributed by atoms with Gasteiger partial charge < -0.3 is 18.7 Å². The summed E-state index contributed by atoms with van der Waals surface area (Å²) in [5.41, 5.74) is 0. The maximum Gasteiger partial charge on any atom is 0.323 e. The number of ether oxygens (including phenoxy) is 3. The number of hydrogen-bond donors (Lipinski definition) is 1. The minimum absolute atomic E-state index is 0.231. The fourth-order valence-corrected chi connectivity index (χ4v) is 2.46. The van der Waals surface area contributed by atoms with Gasteiger partial charge >= 0.3 is 14.1 Å². The van der Waals surface area contributed by atoms with E-state index in [0.717, 1.165) is 0 Å². The highest BCUT2D eigenvalue weighted by Gasteiger charge is 2.18. The first-order valence-corrected chi connectivity index (χ1v) is 8.09. The van der Waals surface area contributed by atoms with Gasteiger partial charge in [-0.15, -0.1) is 0 Å². The fraction of sp³-hybridized carbons (Fsp3) is 0.500. The van der Waals surface area contributed by atoms with Crippen molar-refractivity contribution < 1.29 is 28.1 Å². The van der Waals surface area contributed by atoms with Gasteiger partial charge in [-0.25, -0.2) is 5.09 Å². The van der Waals surface area contributed by atoms with E-state index < -0.39 is 20.2 Å². The normalized spacial score (nSPS) is 13.4. The highest BCUT2D eigenvalue weighted by Crippen LogP contribution is 2.34. The lowest BCUT2D eigenvalue weighted by Gasteiger charge is -2.16. The molecule has 0 aliphatic carbocycles. The highest BCUT2D eigenvalue weighted by atomic mass is 31.1. The fourth-order valence-electron chi connectivity index (χ4n) is 1.59. The summed E-state index contributed by atoms with van der Waals surface area (Å²) in [6.45, 7) is 5.05. The van der Waals surface area contributed by atoms with E-state index in [1.165, 1.54) is 14.2 Å². The van der Waals surface area contributed by atoms with E-state index in [2.05, 4.69) is 5.09 Å². The van der Waals surface area contributed by atoms with Gasteiger partial charge in [0.2, 0.25) is 0 Å². The number of carbonyl (C=O) groups is 1. The van der Waals surface area contributed by atoms with Crippen molar-refractivity contribution >= 4 is 14.1 Å². The Kier molecular flexibility index (Phi) is 7.21. The second-order valence-electron chi connectivity index (χ2n) is 4.76. The lowest BCUT2D eigenvalue weighted by atomic mass is 10.3. The van der Waals surface area contributed by atoms with Crippen molar-refractivity contribution in [2.24, 2.45) is 0 Å². The van der Waals surface area contributed by atoms with Crippen LogP contribution < -0.4 is 19.1 Å². The highest BCUT2D eigenvalue weighted by molar-refractivity contribution is 7.37. The summed E-state index contributed by atoms with van der Waals surface area (Å²) >= 11 is 0. The molecule has 0 heterocycles. The molecule has 0 aliphatic heterocycles. The van der Waals surface area contributed by atoms with Crippen molar-refractivity contribution in [1.29, 1.82) is 0 Å². The molecule has 1 aromatic carbocycles. The van der Waals surface area contributed by atoms with Crippen LogP contribution in [0.4, 0.5) is 0 Å². The van der Waals surface area contributed by atoms with Crippen LogP contribution >= 0.6 is 8.18 Å². The first-order valence-electron chi connectivity index (χ1n) is 6.78. The standard InChI is InChI=1S/C14H22NO6P/c1-9(2)20-14(16)10(3)15-22(17)21-11-6-7-12(18-4)13(8-11)19-5/h6-10,22H,1-5H3,(H,15,17)/t10-/m0/s1. The largest absolute Gasteiger partial charge is 0.493 e. The third kappa shape index (κ3) is 5.58. The Morgan fingerprint density at radius 1 is 1.14 bits per heavy atom. The van der Waals surface area contributed by atoms with Crippen LogP contribution in [0.15, 0.2) is 18.2 Å². The van der Waals surface area contributed by atoms with Gasteiger partial charge in [-0.05, 0) is 32.9 Å². The Morgan fingerprint density at radius 3 is 2.32 bits per heavy atom. The summed E-state index contributed by atoms with van der Waals surface area (Å²) in [7, 11) is 0.350. The molecule has 1 rings (SSSR count). The van der Waals surface area contributed by atoms with Crippen molar-refractivity contribution in [3.05, 3.63) is 18.2 Å². The molecule has 0 saturated carbocycles. The van der Waals surface area contributed by atoms with Gasteiger partial charge in [0, 0.05) is 6.07 Å². The Bertz CT molecular complexity index is 534. The number of benzene rings is 1. The molecule has 0 spiro atoms. The molecule has 7 nitrogen and oxygen atoms in total. The summed E-state index contributed by atoms with van der Waals surface area (Å²) in [5.74, 6) is 0.862. The van der Waals surface area contributed by atoms with Gasteiger partial charge in [-0.2, -0.15) is 0 Å². The van der Waals surface area contributed by atoms with E-state index in [1.54, 1.807) is 39.0 Å². The molecule has 8 heteroatoms. The van der Waals surface area contributed by atoms with Crippen molar-refractivity contribution in [2.75, 3.05) is 14.2 Å². The Hall–Kier alpha value is -1.72. The van der Waals surface area contributed by atoms with Gasteiger partial charge in [0.1, 0.15) is 11.8 Å². The van der Waals surface area contributed by atoms with Crippen LogP contribution in [0.1, 0.15) is 20.8 Å². The second kappa shape index (κ2) is 8.66. The molecule has 0 aromatic heterocycles. The molecule has 1 unspecified atom stereocenters. The van der Waals surface area contributed by atoms with E-state index in [1.807, 2.05) is 0 Å². The minimum Gasteiger partial charge on any atom is -0.493 e. The molecular formula is C14H22NO6P. The molecule has 0 aliphatic rings. The summed E-state index contributed by atoms with van der Waals surface area (Å²) in [5, 5.41) is 2.58. The topological polar surface area (TPSA) is 83.1 Å². The van der Waals surface area contributed by atoms with Gasteiger partial charge in [0.15, 0.2) is 11.5 Å². The monoisotopic (exact) mass is 331 g/mol. The summed E-state index contributed by atoms with van der Waals surface area (Å²) in [6, 6.07) is 4.07. The van der Waals surface area contributed by atoms with Crippen LogP contribution in [0, 0.1) is 0 Å². The van der Waals surface area contributed by atoms with Gasteiger partial charge in [0.25, 0.3) is 0 Å². The van der Waals surface area contributed by atoms with Gasteiger partial charge in [-0.1, -0.05) is 0 Å². The summed E-state index contributed by atoms with van der Waals surface area (Å²) in [6.07, 6.45) is -0.231. The summed E-state index contributed by atoms with van der Waals surface area (Å²) < 4.78 is 32.5. The molecule has 0 fully saturated rings. The van der Waals surface area contributed by atoms with Crippen molar-refractivity contribution in [2.45, 2.75) is 32.9 Å². The average Bonchev–Trinajstić information content (AvgIpc) is 2.46. The Balaban J connectivity index is 2.63. The number of esters is 1. The van der Waals surface area contributed by atoms with E-state index >= 15 is 0 Å². The van der Waals surface area contributed by atoms with Gasteiger partial charge in [-0.3, -0.25) is 9.36 Å². The third-order valence-corrected chi connectivity index (χ3v) is 3.70. The van der Waals surface area contributed by atoms with Crippen LogP contribution in [0.3, 0.4) is 0 Å². The van der Waals surface area contributed by atoms with Crippen molar-refractivity contribution in [3.63, 3.8) is 0 Å². The maximum atomic E-state index is 11.9. The quantitative estimate of drug-likeness (QED) is 0.578. The predicted molar refractivity (Wildman–Crippen MR) is 83.0 cm³/mol. The lowest BCUT2D eigenvalue weighted by molar-refractivity contribution is -0.148. The molecule has 22 heavy (non-hydrogen) atoms. The Labute approximate surface area is 130 Å². The van der Waals surface area contributed by atoms with Crippen LogP contribution in [-0.2, 0) is 14.1 Å².